The van der Waals surface area contributed by atoms with Crippen LogP contribution in [-0.2, 0) is 4.74 Å². The molecule has 9 heteroatoms. The van der Waals surface area contributed by atoms with Crippen molar-refractivity contribution >= 4 is 11.9 Å². The number of carbonyl (C=O) groups excluding carboxylic acids is 2. The van der Waals surface area contributed by atoms with Crippen molar-refractivity contribution in [3.05, 3.63) is 59.2 Å². The van der Waals surface area contributed by atoms with E-state index in [9.17, 15) is 14.0 Å². The summed E-state index contributed by atoms with van der Waals surface area (Å²) in [5.74, 6) is 0.0315. The van der Waals surface area contributed by atoms with Crippen LogP contribution >= 0.6 is 0 Å². The Morgan fingerprint density at radius 3 is 2.47 bits per heavy atom. The van der Waals surface area contributed by atoms with Crippen LogP contribution < -0.4 is 15.9 Å². The van der Waals surface area contributed by atoms with Gasteiger partial charge in [-0.25, -0.2) is 14.8 Å². The maximum absolute atomic E-state index is 13.9. The topological polar surface area (TPSA) is 107 Å². The largest absolute Gasteiger partial charge is 0.497 e. The van der Waals surface area contributed by atoms with Gasteiger partial charge in [0.25, 0.3) is 5.91 Å². The third-order valence-electron chi connectivity index (χ3n) is 6.58. The number of hydrogen-bond donors (Lipinski definition) is 2. The molecule has 34 heavy (non-hydrogen) atoms. The van der Waals surface area contributed by atoms with Gasteiger partial charge in [0, 0.05) is 23.9 Å². The van der Waals surface area contributed by atoms with Crippen LogP contribution in [0.3, 0.4) is 0 Å². The zero-order valence-electron chi connectivity index (χ0n) is 19.9. The number of ether oxygens (including phenoxy) is 2. The van der Waals surface area contributed by atoms with E-state index in [1.54, 1.807) is 38.3 Å². The van der Waals surface area contributed by atoms with Crippen molar-refractivity contribution in [1.29, 1.82) is 0 Å². The molecule has 3 rings (SSSR count). The van der Waals surface area contributed by atoms with E-state index < -0.39 is 23.9 Å². The molecule has 1 aliphatic rings. The molecule has 0 saturated heterocycles. The summed E-state index contributed by atoms with van der Waals surface area (Å²) in [6.07, 6.45) is 4.74. The Morgan fingerprint density at radius 1 is 1.21 bits per heavy atom. The minimum absolute atomic E-state index is 0.0680. The lowest BCUT2D eigenvalue weighted by Gasteiger charge is -2.39. The van der Waals surface area contributed by atoms with Gasteiger partial charge in [-0.2, -0.15) is 4.39 Å². The number of aromatic nitrogens is 1. The summed E-state index contributed by atoms with van der Waals surface area (Å²) < 4.78 is 24.7. The Labute approximate surface area is 199 Å². The van der Waals surface area contributed by atoms with E-state index in [4.69, 9.17) is 15.2 Å². The maximum Gasteiger partial charge on any atom is 0.333 e. The Kier molecular flexibility index (Phi) is 8.81. The monoisotopic (exact) mass is 472 g/mol. The first-order chi connectivity index (χ1) is 16.3. The van der Waals surface area contributed by atoms with E-state index in [0.717, 1.165) is 31.2 Å². The Hall–Kier alpha value is -3.20. The van der Waals surface area contributed by atoms with Crippen molar-refractivity contribution in [2.75, 3.05) is 20.3 Å². The molecule has 3 amide bonds. The first-order valence-electron chi connectivity index (χ1n) is 11.6. The van der Waals surface area contributed by atoms with E-state index in [1.165, 1.54) is 11.2 Å². The fourth-order valence-corrected chi connectivity index (χ4v) is 4.66. The highest BCUT2D eigenvalue weighted by Crippen LogP contribution is 2.39. The van der Waals surface area contributed by atoms with Crippen molar-refractivity contribution in [3.63, 3.8) is 0 Å². The molecule has 3 N–H and O–H groups in total. The molecule has 1 heterocycles. The summed E-state index contributed by atoms with van der Waals surface area (Å²) >= 11 is 0. The lowest BCUT2D eigenvalue weighted by Crippen LogP contribution is -2.58. The number of primary amides is 1. The highest BCUT2D eigenvalue weighted by atomic mass is 19.1. The van der Waals surface area contributed by atoms with Crippen LogP contribution in [0.4, 0.5) is 9.18 Å². The van der Waals surface area contributed by atoms with Crippen LogP contribution in [0.25, 0.3) is 0 Å². The summed E-state index contributed by atoms with van der Waals surface area (Å²) in [4.78, 5) is 29.0. The first-order valence-corrected chi connectivity index (χ1v) is 11.6. The van der Waals surface area contributed by atoms with Crippen molar-refractivity contribution in [3.8, 4) is 5.75 Å². The van der Waals surface area contributed by atoms with E-state index in [0.29, 0.717) is 23.5 Å². The minimum Gasteiger partial charge on any atom is -0.497 e. The van der Waals surface area contributed by atoms with Gasteiger partial charge in [-0.15, -0.1) is 0 Å². The number of hydrogen-bond acceptors (Lipinski definition) is 5. The number of nitrogens with zero attached hydrogens (tertiary/aromatic N) is 2. The van der Waals surface area contributed by atoms with Gasteiger partial charge in [0.15, 0.2) is 0 Å². The molecule has 0 aliphatic heterocycles. The molecule has 1 aliphatic carbocycles. The summed E-state index contributed by atoms with van der Waals surface area (Å²) in [7, 11) is 1.55. The average Bonchev–Trinajstić information content (AvgIpc) is 2.85. The van der Waals surface area contributed by atoms with Gasteiger partial charge < -0.3 is 15.2 Å². The smallest absolute Gasteiger partial charge is 0.333 e. The van der Waals surface area contributed by atoms with Crippen molar-refractivity contribution in [2.24, 2.45) is 11.7 Å². The fraction of sp³-hybridized carbons (Fsp3) is 0.480. The summed E-state index contributed by atoms with van der Waals surface area (Å²) in [5, 5.41) is 1.20. The molecule has 8 nitrogen and oxygen atoms in total. The van der Waals surface area contributed by atoms with Gasteiger partial charge >= 0.3 is 6.03 Å². The number of hydrazine groups is 1. The zero-order valence-corrected chi connectivity index (χ0v) is 19.9. The standard InChI is InChI=1S/C25H33FN4O4/c1-4-34-15-22(18-7-5-17(6-8-18)21-13-14-28-23(26)16(21)2)30(25(27)32)29-24(31)19-9-11-20(33-3)12-10-19/h9-14,17-18,22H,4-8,15H2,1-3H3,(H2,27,32)(H,29,31). The van der Waals surface area contributed by atoms with Crippen LogP contribution in [0.5, 0.6) is 5.75 Å². The molecule has 1 fully saturated rings. The number of pyridine rings is 1. The highest BCUT2D eigenvalue weighted by molar-refractivity contribution is 5.95. The van der Waals surface area contributed by atoms with Crippen molar-refractivity contribution < 1.29 is 23.5 Å². The maximum atomic E-state index is 13.9. The molecule has 1 aromatic carbocycles. The second-order valence-electron chi connectivity index (χ2n) is 8.53. The molecule has 0 radical (unpaired) electrons. The van der Waals surface area contributed by atoms with Crippen LogP contribution in [0.2, 0.25) is 0 Å². The van der Waals surface area contributed by atoms with Gasteiger partial charge in [0.05, 0.1) is 19.8 Å². The lowest BCUT2D eigenvalue weighted by molar-refractivity contribution is 0.0216. The zero-order chi connectivity index (χ0) is 24.7. The van der Waals surface area contributed by atoms with Gasteiger partial charge in [-0.05, 0) is 87.3 Å². The predicted molar refractivity (Wildman–Crippen MR) is 126 cm³/mol. The Bertz CT molecular complexity index is 977. The van der Waals surface area contributed by atoms with Gasteiger partial charge in [-0.1, -0.05) is 0 Å². The molecule has 1 unspecified atom stereocenters. The Balaban J connectivity index is 1.73. The molecule has 184 valence electrons. The van der Waals surface area contributed by atoms with E-state index in [2.05, 4.69) is 10.4 Å². The van der Waals surface area contributed by atoms with Gasteiger partial charge in [0.2, 0.25) is 5.95 Å². The predicted octanol–water partition coefficient (Wildman–Crippen LogP) is 3.94. The number of urea groups is 1. The van der Waals surface area contributed by atoms with Crippen molar-refractivity contribution in [1.82, 2.24) is 15.4 Å². The number of carbonyl (C=O) groups is 2. The number of rotatable bonds is 8. The van der Waals surface area contributed by atoms with Crippen LogP contribution in [0.15, 0.2) is 36.5 Å². The highest BCUT2D eigenvalue weighted by Gasteiger charge is 2.35. The van der Waals surface area contributed by atoms with E-state index in [1.807, 2.05) is 13.0 Å². The average molecular weight is 473 g/mol. The second kappa shape index (κ2) is 11.8. The van der Waals surface area contributed by atoms with Crippen LogP contribution in [-0.4, -0.2) is 48.3 Å². The number of methoxy groups -OCH3 is 1. The third-order valence-corrected chi connectivity index (χ3v) is 6.58. The third kappa shape index (κ3) is 6.02. The second-order valence-corrected chi connectivity index (χ2v) is 8.53. The molecule has 0 spiro atoms. The van der Waals surface area contributed by atoms with Gasteiger partial charge in [0.1, 0.15) is 5.75 Å². The van der Waals surface area contributed by atoms with Crippen LogP contribution in [0.1, 0.15) is 60.0 Å². The fourth-order valence-electron chi connectivity index (χ4n) is 4.66. The van der Waals surface area contributed by atoms with Crippen molar-refractivity contribution in [2.45, 2.75) is 51.5 Å². The minimum atomic E-state index is -0.749. The molecule has 2 aromatic rings. The quantitative estimate of drug-likeness (QED) is 0.447. The van der Waals surface area contributed by atoms with E-state index >= 15 is 0 Å². The SMILES string of the molecule is CCOCC(C1CCC(c2ccnc(F)c2C)CC1)N(NC(=O)c1ccc(OC)cc1)C(N)=O. The number of nitrogens with two attached hydrogens (primary N) is 1. The number of nitrogens with one attached hydrogen (secondary N) is 1. The van der Waals surface area contributed by atoms with Gasteiger partial charge in [-0.3, -0.25) is 10.2 Å². The van der Waals surface area contributed by atoms with Crippen LogP contribution in [0, 0.1) is 18.8 Å². The Morgan fingerprint density at radius 2 is 1.88 bits per heavy atom. The summed E-state index contributed by atoms with van der Waals surface area (Å²) in [6, 6.07) is 7.29. The molecular weight excluding hydrogens is 439 g/mol. The molecule has 1 saturated carbocycles. The van der Waals surface area contributed by atoms with E-state index in [-0.39, 0.29) is 18.4 Å². The summed E-state index contributed by atoms with van der Waals surface area (Å²) in [6.45, 7) is 4.35. The number of amides is 3. The lowest BCUT2D eigenvalue weighted by atomic mass is 9.75. The molecular formula is C25H33FN4O4. The first kappa shape index (κ1) is 25.4. The normalized spacial score (nSPS) is 18.7. The molecule has 1 aromatic heterocycles. The summed E-state index contributed by atoms with van der Waals surface area (Å²) in [5.41, 5.74) is 10.3. The molecule has 1 atom stereocenters. The molecule has 0 bridgehead atoms. The number of benzene rings is 1. The number of halogens is 1.